The van der Waals surface area contributed by atoms with Crippen molar-refractivity contribution in [3.05, 3.63) is 33.8 Å². The number of rotatable bonds is 3. The lowest BCUT2D eigenvalue weighted by molar-refractivity contribution is 0.0213. The molecule has 2 fully saturated rings. The molecule has 0 aromatic heterocycles. The smallest absolute Gasteiger partial charge is 0.0640 e. The van der Waals surface area contributed by atoms with Gasteiger partial charge in [-0.1, -0.05) is 35.3 Å². The first-order valence-corrected chi connectivity index (χ1v) is 8.49. The molecule has 2 saturated heterocycles. The van der Waals surface area contributed by atoms with Gasteiger partial charge in [-0.15, -0.1) is 0 Å². The molecule has 3 rings (SSSR count). The number of nitrogens with zero attached hydrogens (tertiary/aromatic N) is 1. The minimum Gasteiger partial charge on any atom is -0.381 e. The van der Waals surface area contributed by atoms with Crippen LogP contribution in [0, 0.1) is 5.92 Å². The van der Waals surface area contributed by atoms with Gasteiger partial charge in [-0.05, 0) is 30.4 Å². The van der Waals surface area contributed by atoms with Gasteiger partial charge in [0.2, 0.25) is 0 Å². The third-order valence-corrected chi connectivity index (χ3v) is 5.39. The Kier molecular flexibility index (Phi) is 5.41. The third-order valence-electron chi connectivity index (χ3n) is 4.56. The van der Waals surface area contributed by atoms with Crippen LogP contribution in [0.1, 0.15) is 24.4 Å². The summed E-state index contributed by atoms with van der Waals surface area (Å²) < 4.78 is 5.54. The normalized spacial score (nSPS) is 23.1. The lowest BCUT2D eigenvalue weighted by atomic mass is 9.85. The van der Waals surface area contributed by atoms with Crippen molar-refractivity contribution in [3.8, 4) is 0 Å². The average molecular weight is 329 g/mol. The Labute approximate surface area is 136 Å². The van der Waals surface area contributed by atoms with Crippen LogP contribution in [0.25, 0.3) is 0 Å². The summed E-state index contributed by atoms with van der Waals surface area (Å²) in [5.41, 5.74) is 1.18. The van der Waals surface area contributed by atoms with Crippen LogP contribution in [0.4, 0.5) is 0 Å². The Bertz CT molecular complexity index is 453. The van der Waals surface area contributed by atoms with E-state index in [0.29, 0.717) is 22.0 Å². The van der Waals surface area contributed by atoms with Crippen LogP contribution in [-0.2, 0) is 4.74 Å². The van der Waals surface area contributed by atoms with E-state index in [1.165, 1.54) is 5.56 Å². The summed E-state index contributed by atoms with van der Waals surface area (Å²) in [7, 11) is 0. The van der Waals surface area contributed by atoms with E-state index in [1.54, 1.807) is 0 Å². The van der Waals surface area contributed by atoms with Crippen molar-refractivity contribution in [1.29, 1.82) is 0 Å². The molecule has 0 aliphatic carbocycles. The van der Waals surface area contributed by atoms with Crippen molar-refractivity contribution < 1.29 is 4.74 Å². The van der Waals surface area contributed by atoms with Gasteiger partial charge in [0, 0.05) is 45.4 Å². The van der Waals surface area contributed by atoms with Crippen LogP contribution in [-0.4, -0.2) is 44.3 Å². The van der Waals surface area contributed by atoms with E-state index >= 15 is 0 Å². The average Bonchev–Trinajstić information content (AvgIpc) is 2.54. The molecule has 1 atom stereocenters. The summed E-state index contributed by atoms with van der Waals surface area (Å²) in [6, 6.07) is 6.36. The van der Waals surface area contributed by atoms with Gasteiger partial charge < -0.3 is 10.1 Å². The van der Waals surface area contributed by atoms with E-state index in [-0.39, 0.29) is 0 Å². The van der Waals surface area contributed by atoms with E-state index in [9.17, 15) is 0 Å². The second-order valence-electron chi connectivity index (χ2n) is 5.82. The molecule has 2 aliphatic rings. The first-order valence-electron chi connectivity index (χ1n) is 7.74. The molecule has 3 nitrogen and oxygen atoms in total. The van der Waals surface area contributed by atoms with Crippen LogP contribution in [0.3, 0.4) is 0 Å². The zero-order valence-corrected chi connectivity index (χ0v) is 13.7. The molecule has 21 heavy (non-hydrogen) atoms. The van der Waals surface area contributed by atoms with Crippen molar-refractivity contribution in [2.75, 3.05) is 39.4 Å². The highest BCUT2D eigenvalue weighted by atomic mass is 35.5. The summed E-state index contributed by atoms with van der Waals surface area (Å²) in [6.07, 6.45) is 2.19. The Morgan fingerprint density at radius 2 is 1.86 bits per heavy atom. The van der Waals surface area contributed by atoms with Gasteiger partial charge in [0.15, 0.2) is 0 Å². The SMILES string of the molecule is Clc1cccc([C@@H](C2CCOCC2)N2CCNCC2)c1Cl. The molecular weight excluding hydrogens is 307 g/mol. The van der Waals surface area contributed by atoms with E-state index < -0.39 is 0 Å². The van der Waals surface area contributed by atoms with Crippen molar-refractivity contribution in [3.63, 3.8) is 0 Å². The molecule has 1 N–H and O–H groups in total. The molecule has 0 bridgehead atoms. The van der Waals surface area contributed by atoms with Gasteiger partial charge in [-0.3, -0.25) is 4.90 Å². The first-order chi connectivity index (χ1) is 10.3. The van der Waals surface area contributed by atoms with Crippen molar-refractivity contribution in [2.45, 2.75) is 18.9 Å². The number of piperazine rings is 1. The minimum atomic E-state index is 0.349. The van der Waals surface area contributed by atoms with E-state index in [0.717, 1.165) is 52.2 Å². The van der Waals surface area contributed by atoms with Gasteiger partial charge in [-0.25, -0.2) is 0 Å². The van der Waals surface area contributed by atoms with E-state index in [2.05, 4.69) is 16.3 Å². The van der Waals surface area contributed by atoms with Crippen LogP contribution in [0.5, 0.6) is 0 Å². The van der Waals surface area contributed by atoms with Crippen molar-refractivity contribution in [1.82, 2.24) is 10.2 Å². The number of halogens is 2. The Hall–Kier alpha value is -0.320. The summed E-state index contributed by atoms with van der Waals surface area (Å²) in [6.45, 7) is 5.91. The number of ether oxygens (including phenoxy) is 1. The van der Waals surface area contributed by atoms with Crippen molar-refractivity contribution >= 4 is 23.2 Å². The second kappa shape index (κ2) is 7.30. The highest BCUT2D eigenvalue weighted by Crippen LogP contribution is 2.40. The number of benzene rings is 1. The molecule has 116 valence electrons. The van der Waals surface area contributed by atoms with Crippen molar-refractivity contribution in [2.24, 2.45) is 5.92 Å². The predicted octanol–water partition coefficient (Wildman–Crippen LogP) is 3.37. The zero-order valence-electron chi connectivity index (χ0n) is 12.2. The number of nitrogens with one attached hydrogen (secondary N) is 1. The van der Waals surface area contributed by atoms with Crippen LogP contribution in [0.2, 0.25) is 10.0 Å². The van der Waals surface area contributed by atoms with Gasteiger partial charge in [0.1, 0.15) is 0 Å². The first kappa shape index (κ1) is 15.6. The van der Waals surface area contributed by atoms with Gasteiger partial charge in [0.25, 0.3) is 0 Å². The van der Waals surface area contributed by atoms with Crippen LogP contribution in [0.15, 0.2) is 18.2 Å². The molecule has 0 radical (unpaired) electrons. The van der Waals surface area contributed by atoms with Gasteiger partial charge in [-0.2, -0.15) is 0 Å². The summed E-state index contributed by atoms with van der Waals surface area (Å²) >= 11 is 12.8. The summed E-state index contributed by atoms with van der Waals surface area (Å²) in [5.74, 6) is 0.591. The monoisotopic (exact) mass is 328 g/mol. The summed E-state index contributed by atoms with van der Waals surface area (Å²) in [4.78, 5) is 2.56. The van der Waals surface area contributed by atoms with Gasteiger partial charge >= 0.3 is 0 Å². The molecular formula is C16H22Cl2N2O. The Balaban J connectivity index is 1.91. The standard InChI is InChI=1S/C16H22Cl2N2O/c17-14-3-1-2-13(15(14)18)16(12-4-10-21-11-5-12)20-8-6-19-7-9-20/h1-3,12,16,19H,4-11H2/t16-/m1/s1. The van der Waals surface area contributed by atoms with Gasteiger partial charge in [0.05, 0.1) is 10.0 Å². The quantitative estimate of drug-likeness (QED) is 0.920. The maximum Gasteiger partial charge on any atom is 0.0640 e. The molecule has 2 aliphatic heterocycles. The second-order valence-corrected chi connectivity index (χ2v) is 6.61. The largest absolute Gasteiger partial charge is 0.381 e. The van der Waals surface area contributed by atoms with E-state index in [4.69, 9.17) is 27.9 Å². The van der Waals surface area contributed by atoms with Crippen LogP contribution >= 0.6 is 23.2 Å². The molecule has 0 amide bonds. The Morgan fingerprint density at radius 3 is 2.57 bits per heavy atom. The van der Waals surface area contributed by atoms with Crippen LogP contribution < -0.4 is 5.32 Å². The maximum absolute atomic E-state index is 6.52. The molecule has 1 aromatic rings. The third kappa shape index (κ3) is 3.54. The number of hydrogen-bond acceptors (Lipinski definition) is 3. The fraction of sp³-hybridized carbons (Fsp3) is 0.625. The van der Waals surface area contributed by atoms with E-state index in [1.807, 2.05) is 12.1 Å². The molecule has 0 unspecified atom stereocenters. The molecule has 1 aromatic carbocycles. The Morgan fingerprint density at radius 1 is 1.14 bits per heavy atom. The number of hydrogen-bond donors (Lipinski definition) is 1. The maximum atomic E-state index is 6.52. The minimum absolute atomic E-state index is 0.349. The summed E-state index contributed by atoms with van der Waals surface area (Å²) in [5, 5.41) is 4.80. The molecule has 5 heteroatoms. The lowest BCUT2D eigenvalue weighted by Gasteiger charge is -2.41. The highest BCUT2D eigenvalue weighted by molar-refractivity contribution is 6.42. The zero-order chi connectivity index (χ0) is 14.7. The topological polar surface area (TPSA) is 24.5 Å². The fourth-order valence-electron chi connectivity index (χ4n) is 3.49. The lowest BCUT2D eigenvalue weighted by Crippen LogP contribution is -2.47. The predicted molar refractivity (Wildman–Crippen MR) is 87.2 cm³/mol. The molecule has 2 heterocycles. The molecule has 0 spiro atoms. The molecule has 0 saturated carbocycles. The highest BCUT2D eigenvalue weighted by Gasteiger charge is 2.32. The fourth-order valence-corrected chi connectivity index (χ4v) is 3.91.